The van der Waals surface area contributed by atoms with Crippen LogP contribution in [0.1, 0.15) is 6.42 Å². The summed E-state index contributed by atoms with van der Waals surface area (Å²) in [4.78, 5) is 2.42. The van der Waals surface area contributed by atoms with Gasteiger partial charge < -0.3 is 0 Å². The third kappa shape index (κ3) is 9.52. The van der Waals surface area contributed by atoms with Crippen molar-refractivity contribution in [1.29, 1.82) is 0 Å². The van der Waals surface area contributed by atoms with E-state index >= 15 is 0 Å². The Morgan fingerprint density at radius 2 is 1.94 bits per heavy atom. The first-order valence-corrected chi connectivity index (χ1v) is 5.57. The summed E-state index contributed by atoms with van der Waals surface area (Å²) in [6.07, 6.45) is -4.39. The van der Waals surface area contributed by atoms with E-state index < -0.39 is 22.9 Å². The van der Waals surface area contributed by atoms with Crippen LogP contribution in [-0.2, 0) is 10.2 Å². The SMILES string of the molecule is [N-]=[N+]=NCCCNS(=O)(=O)NCC(F)(F)F. The summed E-state index contributed by atoms with van der Waals surface area (Å²) < 4.78 is 60.0. The topological polar surface area (TPSA) is 107 Å². The predicted octanol–water partition coefficient (Wildman–Crippen LogP) is 0.673. The van der Waals surface area contributed by atoms with Crippen LogP contribution in [0.4, 0.5) is 13.2 Å². The lowest BCUT2D eigenvalue weighted by atomic mass is 10.4. The molecule has 7 nitrogen and oxygen atoms in total. The van der Waals surface area contributed by atoms with E-state index in [2.05, 4.69) is 10.0 Å². The molecule has 0 saturated carbocycles. The molecule has 0 aromatic heterocycles. The van der Waals surface area contributed by atoms with Crippen molar-refractivity contribution in [2.45, 2.75) is 12.6 Å². The molecule has 0 aliphatic heterocycles. The predicted molar refractivity (Wildman–Crippen MR) is 49.6 cm³/mol. The van der Waals surface area contributed by atoms with Crippen molar-refractivity contribution in [3.05, 3.63) is 10.4 Å². The Labute approximate surface area is 89.8 Å². The molecular formula is C5H10F3N5O2S. The van der Waals surface area contributed by atoms with Crippen LogP contribution in [0, 0.1) is 0 Å². The van der Waals surface area contributed by atoms with Crippen molar-refractivity contribution in [3.8, 4) is 0 Å². The number of halogens is 3. The van der Waals surface area contributed by atoms with Gasteiger partial charge in [0.05, 0.1) is 0 Å². The van der Waals surface area contributed by atoms with E-state index in [1.54, 1.807) is 0 Å². The van der Waals surface area contributed by atoms with Gasteiger partial charge in [0, 0.05) is 18.0 Å². The van der Waals surface area contributed by atoms with E-state index in [4.69, 9.17) is 5.53 Å². The molecule has 94 valence electrons. The highest BCUT2D eigenvalue weighted by molar-refractivity contribution is 7.87. The Balaban J connectivity index is 3.84. The molecule has 0 fully saturated rings. The van der Waals surface area contributed by atoms with Crippen LogP contribution in [-0.4, -0.2) is 34.2 Å². The monoisotopic (exact) mass is 261 g/mol. The molecule has 0 unspecified atom stereocenters. The summed E-state index contributed by atoms with van der Waals surface area (Å²) in [5.74, 6) is 0. The lowest BCUT2D eigenvalue weighted by molar-refractivity contribution is -0.121. The lowest BCUT2D eigenvalue weighted by Gasteiger charge is -2.09. The standard InChI is InChI=1S/C5H10F3N5O2S/c6-5(7,8)4-12-16(14,15)11-3-1-2-10-13-9/h11-12H,1-4H2. The van der Waals surface area contributed by atoms with Gasteiger partial charge in [0.25, 0.3) is 10.2 Å². The van der Waals surface area contributed by atoms with E-state index in [9.17, 15) is 21.6 Å². The molecule has 0 aromatic carbocycles. The Kier molecular flexibility index (Phi) is 6.11. The smallest absolute Gasteiger partial charge is 0.202 e. The first-order valence-electron chi connectivity index (χ1n) is 4.09. The number of azide groups is 1. The zero-order valence-corrected chi connectivity index (χ0v) is 8.85. The fraction of sp³-hybridized carbons (Fsp3) is 1.00. The van der Waals surface area contributed by atoms with Gasteiger partial charge in [-0.3, -0.25) is 0 Å². The highest BCUT2D eigenvalue weighted by atomic mass is 32.2. The molecule has 0 aromatic rings. The largest absolute Gasteiger partial charge is 0.402 e. The number of rotatable bonds is 7. The van der Waals surface area contributed by atoms with Crippen molar-refractivity contribution in [2.24, 2.45) is 5.11 Å². The van der Waals surface area contributed by atoms with Crippen LogP contribution in [0.25, 0.3) is 10.4 Å². The minimum atomic E-state index is -4.60. The molecule has 2 N–H and O–H groups in total. The van der Waals surface area contributed by atoms with Gasteiger partial charge in [0.1, 0.15) is 6.54 Å². The van der Waals surface area contributed by atoms with Crippen LogP contribution in [0.3, 0.4) is 0 Å². The van der Waals surface area contributed by atoms with Crippen molar-refractivity contribution < 1.29 is 21.6 Å². The molecule has 0 amide bonds. The molecule has 0 aliphatic rings. The first-order chi connectivity index (χ1) is 7.27. The van der Waals surface area contributed by atoms with Crippen LogP contribution >= 0.6 is 0 Å². The van der Waals surface area contributed by atoms with Gasteiger partial charge in [-0.1, -0.05) is 5.11 Å². The fourth-order valence-corrected chi connectivity index (χ4v) is 1.50. The molecule has 0 heterocycles. The Bertz CT molecular complexity index is 348. The number of nitrogens with one attached hydrogen (secondary N) is 2. The average Bonchev–Trinajstić information content (AvgIpc) is 2.14. The van der Waals surface area contributed by atoms with E-state index in [1.165, 1.54) is 4.72 Å². The van der Waals surface area contributed by atoms with Gasteiger partial charge in [-0.2, -0.15) is 26.3 Å². The maximum absolute atomic E-state index is 11.7. The summed E-state index contributed by atoms with van der Waals surface area (Å²) in [6, 6.07) is 0. The second-order valence-corrected chi connectivity index (χ2v) is 4.23. The van der Waals surface area contributed by atoms with Crippen molar-refractivity contribution in [2.75, 3.05) is 19.6 Å². The summed E-state index contributed by atoms with van der Waals surface area (Å²) >= 11 is 0. The molecular weight excluding hydrogens is 251 g/mol. The lowest BCUT2D eigenvalue weighted by Crippen LogP contribution is -2.41. The van der Waals surface area contributed by atoms with Crippen molar-refractivity contribution >= 4 is 10.2 Å². The van der Waals surface area contributed by atoms with E-state index in [0.717, 1.165) is 0 Å². The van der Waals surface area contributed by atoms with E-state index in [-0.39, 0.29) is 19.5 Å². The molecule has 16 heavy (non-hydrogen) atoms. The van der Waals surface area contributed by atoms with Gasteiger partial charge in [0.2, 0.25) is 0 Å². The second kappa shape index (κ2) is 6.53. The zero-order valence-electron chi connectivity index (χ0n) is 8.03. The van der Waals surface area contributed by atoms with Crippen LogP contribution in [0.2, 0.25) is 0 Å². The first kappa shape index (κ1) is 15.0. The highest BCUT2D eigenvalue weighted by Gasteiger charge is 2.29. The summed E-state index contributed by atoms with van der Waals surface area (Å²) in [7, 11) is -4.16. The minimum Gasteiger partial charge on any atom is -0.202 e. The molecule has 0 bridgehead atoms. The number of hydrogen-bond acceptors (Lipinski definition) is 3. The van der Waals surface area contributed by atoms with Crippen LogP contribution < -0.4 is 9.44 Å². The third-order valence-electron chi connectivity index (χ3n) is 1.25. The molecule has 11 heteroatoms. The molecule has 0 aliphatic carbocycles. The molecule has 0 rings (SSSR count). The summed E-state index contributed by atoms with van der Waals surface area (Å²) in [6.45, 7) is -1.66. The fourth-order valence-electron chi connectivity index (χ4n) is 0.629. The number of alkyl halides is 3. The van der Waals surface area contributed by atoms with Gasteiger partial charge >= 0.3 is 6.18 Å². The van der Waals surface area contributed by atoms with E-state index in [0.29, 0.717) is 0 Å². The maximum Gasteiger partial charge on any atom is 0.402 e. The molecule has 0 saturated heterocycles. The van der Waals surface area contributed by atoms with Crippen molar-refractivity contribution in [3.63, 3.8) is 0 Å². The van der Waals surface area contributed by atoms with Crippen LogP contribution in [0.15, 0.2) is 5.11 Å². The maximum atomic E-state index is 11.7. The average molecular weight is 261 g/mol. The third-order valence-corrected chi connectivity index (χ3v) is 2.36. The quantitative estimate of drug-likeness (QED) is 0.304. The normalized spacial score (nSPS) is 12.2. The summed E-state index contributed by atoms with van der Waals surface area (Å²) in [5, 5.41) is 3.12. The Morgan fingerprint density at radius 1 is 1.31 bits per heavy atom. The minimum absolute atomic E-state index is 0.0677. The van der Waals surface area contributed by atoms with Crippen LogP contribution in [0.5, 0.6) is 0 Å². The highest BCUT2D eigenvalue weighted by Crippen LogP contribution is 2.12. The molecule has 0 atom stereocenters. The van der Waals surface area contributed by atoms with Gasteiger partial charge in [-0.05, 0) is 12.0 Å². The van der Waals surface area contributed by atoms with Crippen molar-refractivity contribution in [1.82, 2.24) is 9.44 Å². The Hall–Kier alpha value is -1.03. The van der Waals surface area contributed by atoms with Gasteiger partial charge in [-0.25, -0.2) is 4.72 Å². The Morgan fingerprint density at radius 3 is 2.44 bits per heavy atom. The number of hydrogen-bond donors (Lipinski definition) is 2. The zero-order chi connectivity index (χ0) is 12.7. The van der Waals surface area contributed by atoms with E-state index in [1.807, 2.05) is 4.72 Å². The second-order valence-electron chi connectivity index (χ2n) is 2.64. The molecule has 0 radical (unpaired) electrons. The van der Waals surface area contributed by atoms with Gasteiger partial charge in [0.15, 0.2) is 0 Å². The molecule has 0 spiro atoms. The number of nitrogens with zero attached hydrogens (tertiary/aromatic N) is 3. The van der Waals surface area contributed by atoms with Gasteiger partial charge in [-0.15, -0.1) is 0 Å². The summed E-state index contributed by atoms with van der Waals surface area (Å²) in [5.41, 5.74) is 7.88.